The van der Waals surface area contributed by atoms with E-state index in [4.69, 9.17) is 28.9 Å². The van der Waals surface area contributed by atoms with Crippen molar-refractivity contribution >= 4 is 23.2 Å². The molecule has 78 valence electrons. The average Bonchev–Trinajstić information content (AvgIpc) is 2.53. The van der Waals surface area contributed by atoms with Crippen molar-refractivity contribution in [1.82, 2.24) is 14.9 Å². The summed E-state index contributed by atoms with van der Waals surface area (Å²) in [7, 11) is 0. The first-order valence-electron chi connectivity index (χ1n) is 4.11. The first-order valence-corrected chi connectivity index (χ1v) is 4.48. The van der Waals surface area contributed by atoms with Crippen LogP contribution < -0.4 is 17.3 Å². The van der Waals surface area contributed by atoms with Crippen molar-refractivity contribution in [2.24, 2.45) is 0 Å². The van der Waals surface area contributed by atoms with E-state index in [-0.39, 0.29) is 5.95 Å². The van der Waals surface area contributed by atoms with Crippen LogP contribution in [0.3, 0.4) is 0 Å². The molecule has 2 aromatic rings. The smallest absolute Gasteiger partial charge is 0.241 e. The second-order valence-electron chi connectivity index (χ2n) is 2.99. The molecule has 0 saturated heterocycles. The van der Waals surface area contributed by atoms with Gasteiger partial charge in [0, 0.05) is 5.56 Å². The van der Waals surface area contributed by atoms with Gasteiger partial charge in [-0.05, 0) is 18.2 Å². The van der Waals surface area contributed by atoms with Crippen LogP contribution in [0.2, 0.25) is 5.02 Å². The molecule has 7 heteroatoms. The lowest BCUT2D eigenvalue weighted by atomic mass is 10.2. The first kappa shape index (κ1) is 9.60. The summed E-state index contributed by atoms with van der Waals surface area (Å²) in [6, 6.07) is 5.07. The molecule has 0 bridgehead atoms. The number of hydrogen-bond acceptors (Lipinski definition) is 5. The topological polar surface area (TPSA) is 109 Å². The Labute approximate surface area is 90.6 Å². The number of benzene rings is 1. The fourth-order valence-corrected chi connectivity index (χ4v) is 1.35. The predicted octanol–water partition coefficient (Wildman–Crippen LogP) is 0.477. The molecule has 15 heavy (non-hydrogen) atoms. The van der Waals surface area contributed by atoms with Crippen molar-refractivity contribution < 1.29 is 0 Å². The predicted molar refractivity (Wildman–Crippen MR) is 59.4 cm³/mol. The number of nitrogens with zero attached hydrogens (tertiary/aromatic N) is 3. The molecule has 6 N–H and O–H groups in total. The average molecular weight is 225 g/mol. The van der Waals surface area contributed by atoms with Crippen molar-refractivity contribution in [2.45, 2.75) is 0 Å². The Hall–Kier alpha value is -1.95. The highest BCUT2D eigenvalue weighted by atomic mass is 35.5. The van der Waals surface area contributed by atoms with Crippen LogP contribution in [0.4, 0.5) is 11.6 Å². The molecule has 0 fully saturated rings. The van der Waals surface area contributed by atoms with Crippen LogP contribution in [-0.4, -0.2) is 14.9 Å². The van der Waals surface area contributed by atoms with E-state index >= 15 is 0 Å². The van der Waals surface area contributed by atoms with Crippen molar-refractivity contribution in [3.63, 3.8) is 0 Å². The molecule has 2 rings (SSSR count). The van der Waals surface area contributed by atoms with Crippen molar-refractivity contribution in [3.8, 4) is 11.4 Å². The third-order valence-electron chi connectivity index (χ3n) is 1.98. The molecule has 0 aliphatic rings. The van der Waals surface area contributed by atoms with Gasteiger partial charge in [-0.3, -0.25) is 0 Å². The zero-order valence-corrected chi connectivity index (χ0v) is 8.44. The zero-order valence-electron chi connectivity index (χ0n) is 7.68. The summed E-state index contributed by atoms with van der Waals surface area (Å²) in [4.78, 5) is 0. The number of rotatable bonds is 1. The molecule has 0 radical (unpaired) electrons. The number of anilines is 2. The van der Waals surface area contributed by atoms with E-state index < -0.39 is 0 Å². The summed E-state index contributed by atoms with van der Waals surface area (Å²) in [6.07, 6.45) is 0. The molecule has 0 unspecified atom stereocenters. The summed E-state index contributed by atoms with van der Waals surface area (Å²) in [5.74, 6) is 6.19. The quantitative estimate of drug-likeness (QED) is 0.482. The second kappa shape index (κ2) is 3.32. The van der Waals surface area contributed by atoms with Gasteiger partial charge in [-0.1, -0.05) is 11.6 Å². The number of hydrogen-bond donors (Lipinski definition) is 3. The van der Waals surface area contributed by atoms with Gasteiger partial charge in [-0.25, -0.2) is 4.68 Å². The van der Waals surface area contributed by atoms with Crippen LogP contribution in [0.25, 0.3) is 11.4 Å². The lowest BCUT2D eigenvalue weighted by Crippen LogP contribution is -2.13. The summed E-state index contributed by atoms with van der Waals surface area (Å²) in [5, 5.41) is 7.89. The third-order valence-corrected chi connectivity index (χ3v) is 2.31. The summed E-state index contributed by atoms with van der Waals surface area (Å²) in [5.41, 5.74) is 12.2. The maximum absolute atomic E-state index is 5.87. The molecular formula is C8H9ClN6. The highest BCUT2D eigenvalue weighted by Crippen LogP contribution is 2.25. The number of aromatic nitrogens is 3. The molecule has 0 spiro atoms. The van der Waals surface area contributed by atoms with E-state index in [2.05, 4.69) is 10.2 Å². The Morgan fingerprint density at radius 3 is 2.47 bits per heavy atom. The maximum Gasteiger partial charge on any atom is 0.241 e. The van der Waals surface area contributed by atoms with Crippen molar-refractivity contribution in [1.29, 1.82) is 0 Å². The lowest BCUT2D eigenvalue weighted by molar-refractivity contribution is 1.02. The monoisotopic (exact) mass is 224 g/mol. The molecule has 1 aromatic heterocycles. The highest BCUT2D eigenvalue weighted by molar-refractivity contribution is 6.33. The fraction of sp³-hybridized carbons (Fsp3) is 0. The molecule has 0 saturated carbocycles. The van der Waals surface area contributed by atoms with Gasteiger partial charge in [0.15, 0.2) is 5.82 Å². The van der Waals surface area contributed by atoms with Crippen molar-refractivity contribution in [3.05, 3.63) is 23.2 Å². The minimum Gasteiger partial charge on any atom is -0.398 e. The van der Waals surface area contributed by atoms with Gasteiger partial charge < -0.3 is 17.3 Å². The second-order valence-corrected chi connectivity index (χ2v) is 3.40. The summed E-state index contributed by atoms with van der Waals surface area (Å²) in [6.45, 7) is 0. The minimum atomic E-state index is 0.137. The molecule has 6 nitrogen and oxygen atoms in total. The molecule has 0 atom stereocenters. The van der Waals surface area contributed by atoms with Crippen LogP contribution in [0.15, 0.2) is 18.2 Å². The zero-order chi connectivity index (χ0) is 11.0. The van der Waals surface area contributed by atoms with Gasteiger partial charge in [0.05, 0.1) is 10.7 Å². The Balaban J connectivity index is 2.55. The standard InChI is InChI=1S/C8H9ClN6/c9-5-3-4(1-2-6(5)10)7-13-14-8(11)15(7)12/h1-3H,10,12H2,(H2,11,14). The van der Waals surface area contributed by atoms with E-state index in [0.717, 1.165) is 0 Å². The fourth-order valence-electron chi connectivity index (χ4n) is 1.17. The van der Waals surface area contributed by atoms with Gasteiger partial charge in [0.1, 0.15) is 0 Å². The molecule has 1 aromatic carbocycles. The molecule has 0 amide bonds. The Morgan fingerprint density at radius 1 is 1.20 bits per heavy atom. The largest absolute Gasteiger partial charge is 0.398 e. The normalized spacial score (nSPS) is 10.5. The van der Waals surface area contributed by atoms with Crippen LogP contribution >= 0.6 is 11.6 Å². The Morgan fingerprint density at radius 2 is 1.93 bits per heavy atom. The van der Waals surface area contributed by atoms with E-state index in [9.17, 15) is 0 Å². The maximum atomic E-state index is 5.87. The summed E-state index contributed by atoms with van der Waals surface area (Å²) < 4.78 is 1.18. The SMILES string of the molecule is Nc1ccc(-c2nnc(N)n2N)cc1Cl. The highest BCUT2D eigenvalue weighted by Gasteiger charge is 2.10. The van der Waals surface area contributed by atoms with Crippen LogP contribution in [0.5, 0.6) is 0 Å². The van der Waals surface area contributed by atoms with E-state index in [1.807, 2.05) is 0 Å². The lowest BCUT2D eigenvalue weighted by Gasteiger charge is -2.03. The van der Waals surface area contributed by atoms with Crippen LogP contribution in [-0.2, 0) is 0 Å². The third kappa shape index (κ3) is 1.55. The first-order chi connectivity index (χ1) is 7.09. The van der Waals surface area contributed by atoms with Crippen LogP contribution in [0, 0.1) is 0 Å². The van der Waals surface area contributed by atoms with Gasteiger partial charge in [-0.15, -0.1) is 10.2 Å². The number of nitrogens with two attached hydrogens (primary N) is 3. The molecule has 1 heterocycles. The van der Waals surface area contributed by atoms with Gasteiger partial charge in [-0.2, -0.15) is 0 Å². The number of nitrogen functional groups attached to an aromatic ring is 3. The van der Waals surface area contributed by atoms with Gasteiger partial charge in [0.25, 0.3) is 0 Å². The van der Waals surface area contributed by atoms with E-state index in [0.29, 0.717) is 22.1 Å². The Kier molecular flexibility index (Phi) is 2.12. The molecular weight excluding hydrogens is 216 g/mol. The molecule has 0 aliphatic carbocycles. The van der Waals surface area contributed by atoms with Gasteiger partial charge in [0.2, 0.25) is 5.95 Å². The van der Waals surface area contributed by atoms with Crippen LogP contribution in [0.1, 0.15) is 0 Å². The van der Waals surface area contributed by atoms with Crippen molar-refractivity contribution in [2.75, 3.05) is 17.3 Å². The van der Waals surface area contributed by atoms with E-state index in [1.165, 1.54) is 4.68 Å². The minimum absolute atomic E-state index is 0.137. The number of halogens is 1. The molecule has 0 aliphatic heterocycles. The van der Waals surface area contributed by atoms with Gasteiger partial charge >= 0.3 is 0 Å². The van der Waals surface area contributed by atoms with E-state index in [1.54, 1.807) is 18.2 Å². The Bertz CT molecular complexity index is 506. The summed E-state index contributed by atoms with van der Waals surface area (Å²) >= 11 is 5.87.